The fraction of sp³-hybridized carbons (Fsp3) is 0.278. The van der Waals surface area contributed by atoms with Crippen LogP contribution in [-0.2, 0) is 10.3 Å². The van der Waals surface area contributed by atoms with Crippen molar-refractivity contribution in [2.75, 3.05) is 19.0 Å². The smallest absolute Gasteiger partial charge is 0.238 e. The van der Waals surface area contributed by atoms with Crippen LogP contribution in [0.1, 0.15) is 19.4 Å². The van der Waals surface area contributed by atoms with Crippen molar-refractivity contribution in [1.82, 2.24) is 5.32 Å². The van der Waals surface area contributed by atoms with E-state index in [0.717, 1.165) is 0 Å². The van der Waals surface area contributed by atoms with Crippen LogP contribution in [0.15, 0.2) is 36.4 Å². The lowest BCUT2D eigenvalue weighted by atomic mass is 9.94. The molecule has 0 saturated heterocycles. The molecule has 0 saturated carbocycles. The molecule has 0 radical (unpaired) electrons. The van der Waals surface area contributed by atoms with Gasteiger partial charge in [-0.2, -0.15) is 0 Å². The second-order valence-corrected chi connectivity index (χ2v) is 6.84. The molecule has 7 heteroatoms. The van der Waals surface area contributed by atoms with Crippen LogP contribution in [0.4, 0.5) is 10.1 Å². The molecule has 2 aromatic carbocycles. The number of carbonyl (C=O) groups excluding carboxylic acids is 1. The summed E-state index contributed by atoms with van der Waals surface area (Å²) in [5.41, 5.74) is 0.559. The topological polar surface area (TPSA) is 50.4 Å². The maximum absolute atomic E-state index is 13.2. The molecule has 134 valence electrons. The van der Waals surface area contributed by atoms with Gasteiger partial charge in [-0.15, -0.1) is 0 Å². The van der Waals surface area contributed by atoms with Gasteiger partial charge < -0.3 is 10.1 Å². The fourth-order valence-electron chi connectivity index (χ4n) is 2.37. The molecule has 1 amide bonds. The highest BCUT2D eigenvalue weighted by Crippen LogP contribution is 2.29. The molecule has 2 aromatic rings. The number of methoxy groups -OCH3 is 1. The third kappa shape index (κ3) is 5.08. The Morgan fingerprint density at radius 2 is 1.92 bits per heavy atom. The normalized spacial score (nSPS) is 11.3. The van der Waals surface area contributed by atoms with Crippen LogP contribution in [0.2, 0.25) is 10.0 Å². The minimum absolute atomic E-state index is 0.0242. The lowest BCUT2D eigenvalue weighted by Crippen LogP contribution is -2.41. The van der Waals surface area contributed by atoms with Crippen molar-refractivity contribution in [2.45, 2.75) is 19.4 Å². The number of amides is 1. The molecule has 25 heavy (non-hydrogen) atoms. The van der Waals surface area contributed by atoms with Gasteiger partial charge >= 0.3 is 0 Å². The first kappa shape index (κ1) is 19.5. The predicted octanol–water partition coefficient (Wildman–Crippen LogP) is 4.60. The second-order valence-electron chi connectivity index (χ2n) is 6.00. The first-order chi connectivity index (χ1) is 11.7. The molecule has 4 nitrogen and oxygen atoms in total. The molecule has 0 spiro atoms. The zero-order valence-electron chi connectivity index (χ0n) is 14.1. The number of carbonyl (C=O) groups is 1. The van der Waals surface area contributed by atoms with Crippen molar-refractivity contribution in [3.8, 4) is 5.75 Å². The minimum atomic E-state index is -0.624. The van der Waals surface area contributed by atoms with E-state index in [1.54, 1.807) is 24.3 Å². The first-order valence-corrected chi connectivity index (χ1v) is 8.32. The number of anilines is 1. The summed E-state index contributed by atoms with van der Waals surface area (Å²) < 4.78 is 18.4. The van der Waals surface area contributed by atoms with E-state index in [-0.39, 0.29) is 12.5 Å². The molecule has 2 N–H and O–H groups in total. The van der Waals surface area contributed by atoms with Crippen LogP contribution < -0.4 is 15.4 Å². The molecule has 0 bridgehead atoms. The molecule has 2 rings (SSSR count). The van der Waals surface area contributed by atoms with Gasteiger partial charge in [0.25, 0.3) is 0 Å². The van der Waals surface area contributed by atoms with Crippen molar-refractivity contribution < 1.29 is 13.9 Å². The number of nitrogens with one attached hydrogen (secondary N) is 2. The average molecular weight is 385 g/mol. The van der Waals surface area contributed by atoms with Crippen LogP contribution in [-0.4, -0.2) is 19.6 Å². The van der Waals surface area contributed by atoms with E-state index < -0.39 is 11.4 Å². The van der Waals surface area contributed by atoms with Crippen molar-refractivity contribution in [3.05, 3.63) is 57.8 Å². The third-order valence-electron chi connectivity index (χ3n) is 3.73. The highest BCUT2D eigenvalue weighted by atomic mass is 35.5. The van der Waals surface area contributed by atoms with E-state index in [0.29, 0.717) is 27.0 Å². The minimum Gasteiger partial charge on any atom is -0.495 e. The van der Waals surface area contributed by atoms with Gasteiger partial charge in [0.15, 0.2) is 0 Å². The summed E-state index contributed by atoms with van der Waals surface area (Å²) in [5, 5.41) is 6.65. The quantitative estimate of drug-likeness (QED) is 0.764. The maximum Gasteiger partial charge on any atom is 0.238 e. The molecule has 0 aromatic heterocycles. The van der Waals surface area contributed by atoms with E-state index in [1.165, 1.54) is 19.2 Å². The summed E-state index contributed by atoms with van der Waals surface area (Å²) >= 11 is 12.1. The molecule has 0 unspecified atom stereocenters. The average Bonchev–Trinajstić information content (AvgIpc) is 2.53. The highest BCUT2D eigenvalue weighted by molar-refractivity contribution is 6.31. The van der Waals surface area contributed by atoms with Crippen molar-refractivity contribution in [2.24, 2.45) is 0 Å². The molecule has 0 heterocycles. The zero-order valence-corrected chi connectivity index (χ0v) is 15.6. The van der Waals surface area contributed by atoms with Gasteiger partial charge in [0.1, 0.15) is 11.6 Å². The van der Waals surface area contributed by atoms with E-state index in [9.17, 15) is 9.18 Å². The van der Waals surface area contributed by atoms with Gasteiger partial charge in [-0.05, 0) is 49.7 Å². The van der Waals surface area contributed by atoms with Crippen molar-refractivity contribution in [1.29, 1.82) is 0 Å². The Kier molecular flexibility index (Phi) is 6.27. The van der Waals surface area contributed by atoms with E-state index in [1.807, 2.05) is 13.8 Å². The van der Waals surface area contributed by atoms with Gasteiger partial charge in [-0.1, -0.05) is 29.3 Å². The predicted molar refractivity (Wildman–Crippen MR) is 99.1 cm³/mol. The molecule has 0 atom stereocenters. The van der Waals surface area contributed by atoms with Crippen LogP contribution in [0, 0.1) is 5.82 Å². The van der Waals surface area contributed by atoms with Gasteiger partial charge in [0.05, 0.1) is 19.3 Å². The highest BCUT2D eigenvalue weighted by Gasteiger charge is 2.24. The molecular formula is C18H19Cl2FN2O2. The zero-order chi connectivity index (χ0) is 18.6. The fourth-order valence-corrected chi connectivity index (χ4v) is 2.94. The molecule has 0 aliphatic rings. The summed E-state index contributed by atoms with van der Waals surface area (Å²) in [4.78, 5) is 12.2. The summed E-state index contributed by atoms with van der Waals surface area (Å²) in [6.45, 7) is 3.75. The van der Waals surface area contributed by atoms with Gasteiger partial charge in [-0.25, -0.2) is 4.39 Å². The van der Waals surface area contributed by atoms with Gasteiger partial charge in [0, 0.05) is 15.6 Å². The molecule has 0 aliphatic heterocycles. The van der Waals surface area contributed by atoms with Gasteiger partial charge in [-0.3, -0.25) is 10.1 Å². The Bertz CT molecular complexity index is 782. The number of rotatable bonds is 6. The lowest BCUT2D eigenvalue weighted by Gasteiger charge is -2.28. The standard InChI is InChI=1S/C18H19Cl2FN2O2/c1-18(2,13-6-5-12(21)9-14(13)20)22-10-17(24)23-15-8-11(19)4-7-16(15)25-3/h4-9,22H,10H2,1-3H3,(H,23,24). The summed E-state index contributed by atoms with van der Waals surface area (Å²) in [6, 6.07) is 9.14. The Balaban J connectivity index is 2.05. The maximum atomic E-state index is 13.2. The number of halogens is 3. The molecule has 0 fully saturated rings. The van der Waals surface area contributed by atoms with E-state index >= 15 is 0 Å². The number of hydrogen-bond acceptors (Lipinski definition) is 3. The SMILES string of the molecule is COc1ccc(Cl)cc1NC(=O)CNC(C)(C)c1ccc(F)cc1Cl. The molecule has 0 aliphatic carbocycles. The van der Waals surface area contributed by atoms with Crippen LogP contribution in [0.5, 0.6) is 5.75 Å². The largest absolute Gasteiger partial charge is 0.495 e. The monoisotopic (exact) mass is 384 g/mol. The van der Waals surface area contributed by atoms with E-state index in [4.69, 9.17) is 27.9 Å². The second kappa shape index (κ2) is 8.04. The van der Waals surface area contributed by atoms with Crippen LogP contribution in [0.3, 0.4) is 0 Å². The number of hydrogen-bond donors (Lipinski definition) is 2. The number of ether oxygens (including phenoxy) is 1. The van der Waals surface area contributed by atoms with Crippen molar-refractivity contribution in [3.63, 3.8) is 0 Å². The number of benzene rings is 2. The lowest BCUT2D eigenvalue weighted by molar-refractivity contribution is -0.115. The Morgan fingerprint density at radius 1 is 1.20 bits per heavy atom. The summed E-state index contributed by atoms with van der Waals surface area (Å²) in [5.74, 6) is -0.166. The summed E-state index contributed by atoms with van der Waals surface area (Å²) in [6.07, 6.45) is 0. The van der Waals surface area contributed by atoms with Gasteiger partial charge in [0.2, 0.25) is 5.91 Å². The Morgan fingerprint density at radius 3 is 2.56 bits per heavy atom. The Labute approximate surface area is 156 Å². The Hall–Kier alpha value is -1.82. The van der Waals surface area contributed by atoms with Crippen LogP contribution >= 0.6 is 23.2 Å². The molecular weight excluding hydrogens is 366 g/mol. The van der Waals surface area contributed by atoms with Crippen molar-refractivity contribution >= 4 is 34.8 Å². The van der Waals surface area contributed by atoms with Crippen LogP contribution in [0.25, 0.3) is 0 Å². The first-order valence-electron chi connectivity index (χ1n) is 7.57. The third-order valence-corrected chi connectivity index (χ3v) is 4.28. The van der Waals surface area contributed by atoms with E-state index in [2.05, 4.69) is 10.6 Å². The summed E-state index contributed by atoms with van der Waals surface area (Å²) in [7, 11) is 1.51.